The largest absolute Gasteiger partial charge is 0.390 e. The third kappa shape index (κ3) is 5.58. The average Bonchev–Trinajstić information content (AvgIpc) is 3.39. The van der Waals surface area contributed by atoms with Gasteiger partial charge in [-0.15, -0.1) is 10.2 Å². The molecule has 0 aliphatic heterocycles. The third-order valence-corrected chi connectivity index (χ3v) is 5.97. The summed E-state index contributed by atoms with van der Waals surface area (Å²) in [5.41, 5.74) is 7.56. The van der Waals surface area contributed by atoms with Crippen molar-refractivity contribution in [3.8, 4) is 17.1 Å². The second-order valence-electron chi connectivity index (χ2n) is 8.35. The first-order valence-corrected chi connectivity index (χ1v) is 11.7. The lowest BCUT2D eigenvalue weighted by molar-refractivity contribution is -0.136. The number of carbonyl (C=O) groups excluding carboxylic acids is 1. The van der Waals surface area contributed by atoms with Crippen molar-refractivity contribution in [3.05, 3.63) is 80.7 Å². The van der Waals surface area contributed by atoms with Gasteiger partial charge in [-0.1, -0.05) is 36.7 Å². The molecular formula is C24H23ClF3N7O2. The number of alkyl halides is 3. The Kier molecular flexibility index (Phi) is 7.21. The van der Waals surface area contributed by atoms with E-state index in [0.717, 1.165) is 20.4 Å². The Morgan fingerprint density at radius 2 is 1.81 bits per heavy atom. The zero-order chi connectivity index (χ0) is 26.9. The normalized spacial score (nSPS) is 11.7. The molecule has 4 aromatic rings. The van der Waals surface area contributed by atoms with Crippen LogP contribution in [-0.4, -0.2) is 41.2 Å². The number of hydrogen-bond acceptors (Lipinski definition) is 5. The number of rotatable bonds is 8. The molecule has 2 N–H and O–H groups in total. The standard InChI is InChI=1S/C24H23ClF3N7O2/c1-3-15-6-4-5-14(2)19(15)35-22(20(29)36)30-18(31-35)13-34-23(37)33(12-11-24(26,27)28)21(32-34)16-7-9-17(25)10-8-16/h4-10H,3,11-13H2,1-2H3,(H2,29,36). The van der Waals surface area contributed by atoms with Crippen molar-refractivity contribution in [2.45, 2.75) is 46.0 Å². The number of primary amides is 1. The molecule has 9 nitrogen and oxygen atoms in total. The highest BCUT2D eigenvalue weighted by molar-refractivity contribution is 6.30. The van der Waals surface area contributed by atoms with Crippen LogP contribution in [0.5, 0.6) is 0 Å². The molecule has 0 unspecified atom stereocenters. The van der Waals surface area contributed by atoms with E-state index in [-0.39, 0.29) is 24.0 Å². The zero-order valence-corrected chi connectivity index (χ0v) is 20.7. The van der Waals surface area contributed by atoms with E-state index in [2.05, 4.69) is 15.2 Å². The number of nitrogens with two attached hydrogens (primary N) is 1. The maximum Gasteiger partial charge on any atom is 0.390 e. The lowest BCUT2D eigenvalue weighted by Crippen LogP contribution is -2.27. The van der Waals surface area contributed by atoms with Gasteiger partial charge in [0.15, 0.2) is 11.6 Å². The molecule has 0 saturated carbocycles. The number of benzene rings is 2. The summed E-state index contributed by atoms with van der Waals surface area (Å²) in [7, 11) is 0. The minimum Gasteiger partial charge on any atom is -0.363 e. The maximum atomic E-state index is 13.1. The number of aromatic nitrogens is 6. The molecule has 0 fully saturated rings. The van der Waals surface area contributed by atoms with E-state index in [1.165, 1.54) is 4.68 Å². The minimum absolute atomic E-state index is 0.0349. The van der Waals surface area contributed by atoms with Crippen LogP contribution >= 0.6 is 11.6 Å². The predicted octanol–water partition coefficient (Wildman–Crippen LogP) is 3.92. The van der Waals surface area contributed by atoms with Crippen molar-refractivity contribution < 1.29 is 18.0 Å². The Morgan fingerprint density at radius 3 is 2.43 bits per heavy atom. The number of para-hydroxylation sites is 1. The monoisotopic (exact) mass is 533 g/mol. The van der Waals surface area contributed by atoms with Crippen LogP contribution in [0.2, 0.25) is 5.02 Å². The third-order valence-electron chi connectivity index (χ3n) is 5.72. The Bertz CT molecular complexity index is 1500. The van der Waals surface area contributed by atoms with E-state index in [0.29, 0.717) is 22.7 Å². The molecular weight excluding hydrogens is 511 g/mol. The van der Waals surface area contributed by atoms with Crippen LogP contribution < -0.4 is 11.4 Å². The highest BCUT2D eigenvalue weighted by Gasteiger charge is 2.29. The maximum absolute atomic E-state index is 13.1. The molecule has 2 heterocycles. The number of nitrogens with zero attached hydrogens (tertiary/aromatic N) is 6. The van der Waals surface area contributed by atoms with Gasteiger partial charge in [0.25, 0.3) is 5.91 Å². The molecule has 13 heteroatoms. The van der Waals surface area contributed by atoms with E-state index in [1.54, 1.807) is 24.3 Å². The van der Waals surface area contributed by atoms with Crippen LogP contribution in [0.3, 0.4) is 0 Å². The second kappa shape index (κ2) is 10.2. The zero-order valence-electron chi connectivity index (χ0n) is 20.0. The lowest BCUT2D eigenvalue weighted by atomic mass is 10.1. The molecule has 0 atom stereocenters. The Labute approximate surface area is 214 Å². The molecule has 0 radical (unpaired) electrons. The van der Waals surface area contributed by atoms with Crippen molar-refractivity contribution in [3.63, 3.8) is 0 Å². The SMILES string of the molecule is CCc1cccc(C)c1-n1nc(Cn2nc(-c3ccc(Cl)cc3)n(CCC(F)(F)F)c2=O)nc1C(N)=O. The van der Waals surface area contributed by atoms with Gasteiger partial charge >= 0.3 is 11.9 Å². The van der Waals surface area contributed by atoms with Crippen LogP contribution in [0.15, 0.2) is 47.3 Å². The van der Waals surface area contributed by atoms with Crippen LogP contribution in [-0.2, 0) is 19.5 Å². The summed E-state index contributed by atoms with van der Waals surface area (Å²) in [6.07, 6.45) is -5.04. The molecule has 1 amide bonds. The van der Waals surface area contributed by atoms with Gasteiger partial charge in [0, 0.05) is 17.1 Å². The van der Waals surface area contributed by atoms with Crippen LogP contribution in [0.25, 0.3) is 17.1 Å². The van der Waals surface area contributed by atoms with Gasteiger partial charge in [0.1, 0.15) is 6.54 Å². The fourth-order valence-corrected chi connectivity index (χ4v) is 4.10. The summed E-state index contributed by atoms with van der Waals surface area (Å²) >= 11 is 5.93. The second-order valence-corrected chi connectivity index (χ2v) is 8.79. The summed E-state index contributed by atoms with van der Waals surface area (Å²) in [5.74, 6) is -0.882. The minimum atomic E-state index is -4.47. The average molecular weight is 534 g/mol. The number of amides is 1. The molecule has 2 aromatic heterocycles. The van der Waals surface area contributed by atoms with Gasteiger partial charge in [-0.25, -0.2) is 19.1 Å². The fourth-order valence-electron chi connectivity index (χ4n) is 3.98. The molecule has 0 aliphatic carbocycles. The summed E-state index contributed by atoms with van der Waals surface area (Å²) in [4.78, 5) is 29.5. The Morgan fingerprint density at radius 1 is 1.11 bits per heavy atom. The van der Waals surface area contributed by atoms with E-state index < -0.39 is 30.7 Å². The Hall–Kier alpha value is -3.93. The number of hydrogen-bond donors (Lipinski definition) is 1. The highest BCUT2D eigenvalue weighted by Crippen LogP contribution is 2.24. The van der Waals surface area contributed by atoms with E-state index in [4.69, 9.17) is 17.3 Å². The lowest BCUT2D eigenvalue weighted by Gasteiger charge is -2.12. The van der Waals surface area contributed by atoms with E-state index in [1.807, 2.05) is 32.0 Å². The Balaban J connectivity index is 1.79. The van der Waals surface area contributed by atoms with E-state index in [9.17, 15) is 22.8 Å². The molecule has 0 spiro atoms. The molecule has 37 heavy (non-hydrogen) atoms. The summed E-state index contributed by atoms with van der Waals surface area (Å²) in [5, 5.41) is 9.10. The molecule has 194 valence electrons. The molecule has 2 aromatic carbocycles. The van der Waals surface area contributed by atoms with Crippen molar-refractivity contribution >= 4 is 17.5 Å². The topological polar surface area (TPSA) is 114 Å². The summed E-state index contributed by atoms with van der Waals surface area (Å²) < 4.78 is 42.1. The van der Waals surface area contributed by atoms with Gasteiger partial charge in [0.05, 0.1) is 12.1 Å². The number of halogens is 4. The van der Waals surface area contributed by atoms with Gasteiger partial charge in [-0.3, -0.25) is 9.36 Å². The first kappa shape index (κ1) is 26.1. The van der Waals surface area contributed by atoms with Crippen LogP contribution in [0.1, 0.15) is 40.9 Å². The van der Waals surface area contributed by atoms with Crippen LogP contribution in [0, 0.1) is 6.92 Å². The van der Waals surface area contributed by atoms with Gasteiger partial charge < -0.3 is 5.73 Å². The first-order chi connectivity index (χ1) is 17.5. The quantitative estimate of drug-likeness (QED) is 0.369. The predicted molar refractivity (Wildman–Crippen MR) is 131 cm³/mol. The summed E-state index contributed by atoms with van der Waals surface area (Å²) in [6.45, 7) is 2.88. The highest BCUT2D eigenvalue weighted by atomic mass is 35.5. The molecule has 0 bridgehead atoms. The van der Waals surface area contributed by atoms with Gasteiger partial charge in [0.2, 0.25) is 5.82 Å². The van der Waals surface area contributed by atoms with Crippen molar-refractivity contribution in [2.75, 3.05) is 0 Å². The van der Waals surface area contributed by atoms with Gasteiger partial charge in [-0.2, -0.15) is 13.2 Å². The van der Waals surface area contributed by atoms with Crippen molar-refractivity contribution in [2.24, 2.45) is 5.73 Å². The number of carbonyl (C=O) groups is 1. The molecule has 0 aliphatic rings. The summed E-state index contributed by atoms with van der Waals surface area (Å²) in [6, 6.07) is 11.8. The molecule has 4 rings (SSSR count). The van der Waals surface area contributed by atoms with Crippen molar-refractivity contribution in [1.82, 2.24) is 29.1 Å². The number of aryl methyl sites for hydroxylation is 2. The first-order valence-electron chi connectivity index (χ1n) is 11.3. The van der Waals surface area contributed by atoms with E-state index >= 15 is 0 Å². The van der Waals surface area contributed by atoms with Crippen LogP contribution in [0.4, 0.5) is 13.2 Å². The van der Waals surface area contributed by atoms with Crippen molar-refractivity contribution in [1.29, 1.82) is 0 Å². The molecule has 0 saturated heterocycles. The fraction of sp³-hybridized carbons (Fsp3) is 0.292. The van der Waals surface area contributed by atoms with Gasteiger partial charge in [-0.05, 0) is 48.7 Å². The smallest absolute Gasteiger partial charge is 0.363 e.